The van der Waals surface area contributed by atoms with E-state index in [1.165, 1.54) is 5.69 Å². The van der Waals surface area contributed by atoms with Crippen LogP contribution in [0.15, 0.2) is 24.3 Å². The summed E-state index contributed by atoms with van der Waals surface area (Å²) in [5.41, 5.74) is 1.95. The Labute approximate surface area is 104 Å². The van der Waals surface area contributed by atoms with Gasteiger partial charge in [0.1, 0.15) is 0 Å². The molecule has 17 heavy (non-hydrogen) atoms. The van der Waals surface area contributed by atoms with Crippen LogP contribution in [0.1, 0.15) is 25.8 Å². The van der Waals surface area contributed by atoms with Gasteiger partial charge in [0.25, 0.3) is 0 Å². The lowest BCUT2D eigenvalue weighted by Crippen LogP contribution is -2.43. The van der Waals surface area contributed by atoms with Crippen LogP contribution in [0.2, 0.25) is 0 Å². The maximum atomic E-state index is 9.57. The molecule has 96 valence electrons. The Balaban J connectivity index is 2.88. The zero-order valence-corrected chi connectivity index (χ0v) is 11.3. The number of anilines is 1. The van der Waals surface area contributed by atoms with E-state index in [-0.39, 0.29) is 12.1 Å². The van der Waals surface area contributed by atoms with Crippen LogP contribution in [0.5, 0.6) is 0 Å². The summed E-state index contributed by atoms with van der Waals surface area (Å²) >= 11 is 0. The van der Waals surface area contributed by atoms with E-state index in [4.69, 9.17) is 0 Å². The third-order valence-corrected chi connectivity index (χ3v) is 3.10. The smallest absolute Gasteiger partial charge is 0.0652 e. The summed E-state index contributed by atoms with van der Waals surface area (Å²) in [5, 5.41) is 13.0. The van der Waals surface area contributed by atoms with E-state index < -0.39 is 0 Å². The first-order valence-corrected chi connectivity index (χ1v) is 6.17. The lowest BCUT2D eigenvalue weighted by atomic mass is 9.92. The predicted molar refractivity (Wildman–Crippen MR) is 73.5 cm³/mol. The van der Waals surface area contributed by atoms with Crippen molar-refractivity contribution in [2.45, 2.75) is 25.8 Å². The van der Waals surface area contributed by atoms with Crippen molar-refractivity contribution in [3.63, 3.8) is 0 Å². The van der Waals surface area contributed by atoms with Crippen LogP contribution in [-0.4, -0.2) is 32.4 Å². The lowest BCUT2D eigenvalue weighted by Gasteiger charge is -2.30. The summed E-state index contributed by atoms with van der Waals surface area (Å²) in [6.07, 6.45) is 1.06. The minimum Gasteiger partial charge on any atom is -0.394 e. The van der Waals surface area contributed by atoms with E-state index in [0.717, 1.165) is 18.5 Å². The van der Waals surface area contributed by atoms with Crippen LogP contribution < -0.4 is 10.2 Å². The molecule has 0 aliphatic rings. The van der Waals surface area contributed by atoms with E-state index in [2.05, 4.69) is 41.4 Å². The van der Waals surface area contributed by atoms with Crippen molar-refractivity contribution in [3.05, 3.63) is 29.8 Å². The van der Waals surface area contributed by atoms with E-state index in [0.29, 0.717) is 0 Å². The number of hydrogen-bond acceptors (Lipinski definition) is 3. The minimum absolute atomic E-state index is 0.105. The molecule has 0 amide bonds. The van der Waals surface area contributed by atoms with Crippen molar-refractivity contribution >= 4 is 5.69 Å². The summed E-state index contributed by atoms with van der Waals surface area (Å²) in [4.78, 5) is 2.07. The topological polar surface area (TPSA) is 35.5 Å². The van der Waals surface area contributed by atoms with Gasteiger partial charge >= 0.3 is 0 Å². The van der Waals surface area contributed by atoms with Gasteiger partial charge in [0, 0.05) is 19.8 Å². The Hall–Kier alpha value is -1.06. The van der Waals surface area contributed by atoms with Crippen LogP contribution in [0.3, 0.4) is 0 Å². The van der Waals surface area contributed by atoms with E-state index in [1.54, 1.807) is 0 Å². The van der Waals surface area contributed by atoms with Crippen LogP contribution in [0.4, 0.5) is 5.69 Å². The van der Waals surface area contributed by atoms with Gasteiger partial charge in [-0.15, -0.1) is 0 Å². The fourth-order valence-electron chi connectivity index (χ4n) is 1.78. The second-order valence-corrected chi connectivity index (χ2v) is 4.86. The first kappa shape index (κ1) is 14.0. The van der Waals surface area contributed by atoms with Gasteiger partial charge in [0.2, 0.25) is 0 Å². The molecule has 1 unspecified atom stereocenters. The molecule has 3 nitrogen and oxygen atoms in total. The third kappa shape index (κ3) is 3.45. The molecule has 0 fully saturated rings. The van der Waals surface area contributed by atoms with E-state index in [9.17, 15) is 5.11 Å². The summed E-state index contributed by atoms with van der Waals surface area (Å²) in [7, 11) is 4.05. The Bertz CT molecular complexity index is 335. The molecule has 2 N–H and O–H groups in total. The predicted octanol–water partition coefficient (Wildman–Crippen LogP) is 1.96. The minimum atomic E-state index is -0.346. The number of hydrogen-bond donors (Lipinski definition) is 2. The first-order valence-electron chi connectivity index (χ1n) is 6.17. The Kier molecular flexibility index (Phi) is 4.97. The van der Waals surface area contributed by atoms with Crippen LogP contribution in [-0.2, 0) is 5.54 Å². The van der Waals surface area contributed by atoms with E-state index >= 15 is 0 Å². The average molecular weight is 236 g/mol. The molecule has 0 bridgehead atoms. The highest BCUT2D eigenvalue weighted by molar-refractivity contribution is 5.47. The summed E-state index contributed by atoms with van der Waals surface area (Å²) < 4.78 is 0. The van der Waals surface area contributed by atoms with Crippen molar-refractivity contribution in [3.8, 4) is 0 Å². The van der Waals surface area contributed by atoms with Gasteiger partial charge in [-0.1, -0.05) is 19.1 Å². The second kappa shape index (κ2) is 6.03. The van der Waals surface area contributed by atoms with Gasteiger partial charge in [-0.3, -0.25) is 0 Å². The highest BCUT2D eigenvalue weighted by atomic mass is 16.3. The third-order valence-electron chi connectivity index (χ3n) is 3.10. The van der Waals surface area contributed by atoms with Gasteiger partial charge in [0.05, 0.1) is 12.1 Å². The molecular formula is C14H24N2O. The van der Waals surface area contributed by atoms with Crippen LogP contribution in [0, 0.1) is 0 Å². The van der Waals surface area contributed by atoms with Crippen molar-refractivity contribution in [2.24, 2.45) is 0 Å². The molecule has 0 aliphatic carbocycles. The van der Waals surface area contributed by atoms with Gasteiger partial charge < -0.3 is 15.3 Å². The summed E-state index contributed by atoms with van der Waals surface area (Å²) in [6, 6.07) is 8.32. The molecule has 0 heterocycles. The standard InChI is InChI=1S/C14H24N2O/c1-5-10-15-14(2,11-17)12-6-8-13(9-7-12)16(3)4/h6-9,15,17H,5,10-11H2,1-4H3. The molecule has 0 saturated carbocycles. The molecule has 0 aliphatic heterocycles. The van der Waals surface area contributed by atoms with Gasteiger partial charge in [-0.05, 0) is 37.6 Å². The van der Waals surface area contributed by atoms with Crippen LogP contribution in [0.25, 0.3) is 0 Å². The van der Waals surface area contributed by atoms with Crippen LogP contribution >= 0.6 is 0 Å². The number of nitrogens with zero attached hydrogens (tertiary/aromatic N) is 1. The molecule has 1 aromatic rings. The second-order valence-electron chi connectivity index (χ2n) is 4.86. The number of aliphatic hydroxyl groups excluding tert-OH is 1. The largest absolute Gasteiger partial charge is 0.394 e. The molecule has 0 saturated heterocycles. The summed E-state index contributed by atoms with van der Waals surface area (Å²) in [5.74, 6) is 0. The quantitative estimate of drug-likeness (QED) is 0.792. The fourth-order valence-corrected chi connectivity index (χ4v) is 1.78. The van der Waals surface area contributed by atoms with Gasteiger partial charge in [-0.2, -0.15) is 0 Å². The Morgan fingerprint density at radius 1 is 1.24 bits per heavy atom. The average Bonchev–Trinajstić information content (AvgIpc) is 2.36. The first-order chi connectivity index (χ1) is 8.03. The molecule has 1 aromatic carbocycles. The van der Waals surface area contributed by atoms with Gasteiger partial charge in [0.15, 0.2) is 0 Å². The highest BCUT2D eigenvalue weighted by Gasteiger charge is 2.24. The Morgan fingerprint density at radius 3 is 2.24 bits per heavy atom. The molecular weight excluding hydrogens is 212 g/mol. The number of rotatable bonds is 6. The number of benzene rings is 1. The SMILES string of the molecule is CCCNC(C)(CO)c1ccc(N(C)C)cc1. The monoisotopic (exact) mass is 236 g/mol. The molecule has 0 aromatic heterocycles. The fraction of sp³-hybridized carbons (Fsp3) is 0.571. The zero-order valence-electron chi connectivity index (χ0n) is 11.3. The Morgan fingerprint density at radius 2 is 1.82 bits per heavy atom. The normalized spacial score (nSPS) is 14.4. The zero-order chi connectivity index (χ0) is 12.9. The molecule has 1 rings (SSSR count). The molecule has 1 atom stereocenters. The van der Waals surface area contributed by atoms with Crippen molar-refractivity contribution in [1.82, 2.24) is 5.32 Å². The van der Waals surface area contributed by atoms with Crippen molar-refractivity contribution < 1.29 is 5.11 Å². The molecule has 0 radical (unpaired) electrons. The number of aliphatic hydroxyl groups is 1. The molecule has 3 heteroatoms. The van der Waals surface area contributed by atoms with Crippen molar-refractivity contribution in [1.29, 1.82) is 0 Å². The molecule has 0 spiro atoms. The number of nitrogens with one attached hydrogen (secondary N) is 1. The van der Waals surface area contributed by atoms with E-state index in [1.807, 2.05) is 21.0 Å². The van der Waals surface area contributed by atoms with Crippen molar-refractivity contribution in [2.75, 3.05) is 32.1 Å². The summed E-state index contributed by atoms with van der Waals surface area (Å²) in [6.45, 7) is 5.17. The lowest BCUT2D eigenvalue weighted by molar-refractivity contribution is 0.175. The maximum Gasteiger partial charge on any atom is 0.0652 e. The maximum absolute atomic E-state index is 9.57. The highest BCUT2D eigenvalue weighted by Crippen LogP contribution is 2.22. The van der Waals surface area contributed by atoms with Gasteiger partial charge in [-0.25, -0.2) is 0 Å².